The lowest BCUT2D eigenvalue weighted by Gasteiger charge is -2.10. The minimum Gasteiger partial charge on any atom is -0.497 e. The molecule has 2 aromatic carbocycles. The molecule has 0 radical (unpaired) electrons. The fourth-order valence-electron chi connectivity index (χ4n) is 3.00. The minimum absolute atomic E-state index is 0.195. The summed E-state index contributed by atoms with van der Waals surface area (Å²) in [5.74, 6) is -0.113. The number of ether oxygens (including phenoxy) is 3. The highest BCUT2D eigenvalue weighted by molar-refractivity contribution is 7.00. The zero-order chi connectivity index (χ0) is 19.0. The second-order valence-electron chi connectivity index (χ2n) is 5.85. The Labute approximate surface area is 158 Å². The lowest BCUT2D eigenvalue weighted by atomic mass is 9.96. The van der Waals surface area contributed by atoms with Gasteiger partial charge >= 0.3 is 11.9 Å². The van der Waals surface area contributed by atoms with Gasteiger partial charge in [0.15, 0.2) is 0 Å². The van der Waals surface area contributed by atoms with E-state index >= 15 is 0 Å². The number of hydrogen-bond donors (Lipinski definition) is 0. The third-order valence-corrected chi connectivity index (χ3v) is 4.90. The van der Waals surface area contributed by atoms with E-state index in [1.165, 1.54) is 7.11 Å². The van der Waals surface area contributed by atoms with Crippen molar-refractivity contribution in [3.05, 3.63) is 53.1 Å². The summed E-state index contributed by atoms with van der Waals surface area (Å²) in [6.45, 7) is 0. The Bertz CT molecular complexity index is 1100. The summed E-state index contributed by atoms with van der Waals surface area (Å²) < 4.78 is 23.8. The van der Waals surface area contributed by atoms with E-state index in [2.05, 4.69) is 8.75 Å². The number of esters is 2. The number of cyclic esters (lactones) is 2. The molecule has 0 fully saturated rings. The van der Waals surface area contributed by atoms with Crippen LogP contribution >= 0.6 is 11.7 Å². The number of carbonyl (C=O) groups is 2. The van der Waals surface area contributed by atoms with Gasteiger partial charge in [-0.2, -0.15) is 8.75 Å². The first-order chi connectivity index (χ1) is 13.1. The van der Waals surface area contributed by atoms with Crippen LogP contribution in [0.3, 0.4) is 0 Å². The van der Waals surface area contributed by atoms with Crippen LogP contribution in [0.2, 0.25) is 0 Å². The second-order valence-corrected chi connectivity index (χ2v) is 6.38. The minimum atomic E-state index is -0.662. The van der Waals surface area contributed by atoms with E-state index in [1.54, 1.807) is 43.5 Å². The summed E-state index contributed by atoms with van der Waals surface area (Å²) in [6.07, 6.45) is 0.195. The van der Waals surface area contributed by atoms with Gasteiger partial charge in [-0.05, 0) is 29.3 Å². The van der Waals surface area contributed by atoms with Gasteiger partial charge in [-0.3, -0.25) is 0 Å². The summed E-state index contributed by atoms with van der Waals surface area (Å²) in [6, 6.07) is 10.5. The molecule has 0 atom stereocenters. The topological polar surface area (TPSA) is 87.6 Å². The van der Waals surface area contributed by atoms with E-state index in [1.807, 2.05) is 0 Å². The maximum Gasteiger partial charge on any atom is 0.347 e. The van der Waals surface area contributed by atoms with Crippen molar-refractivity contribution in [1.29, 1.82) is 0 Å². The molecule has 0 amide bonds. The molecule has 136 valence electrons. The number of fused-ring (bicyclic) bond motifs is 1. The quantitative estimate of drug-likeness (QED) is 0.495. The summed E-state index contributed by atoms with van der Waals surface area (Å²) >= 11 is 1.09. The van der Waals surface area contributed by atoms with Crippen LogP contribution in [0.5, 0.6) is 11.5 Å². The average molecular weight is 382 g/mol. The molecule has 1 aliphatic heterocycles. The lowest BCUT2D eigenvalue weighted by Crippen LogP contribution is -2.04. The van der Waals surface area contributed by atoms with Gasteiger partial charge in [0.1, 0.15) is 22.5 Å². The normalized spacial score (nSPS) is 14.0. The Morgan fingerprint density at radius 2 is 1.78 bits per heavy atom. The molecule has 0 saturated heterocycles. The zero-order valence-electron chi connectivity index (χ0n) is 14.5. The number of nitrogens with zero attached hydrogens (tertiary/aromatic N) is 2. The monoisotopic (exact) mass is 382 g/mol. The highest BCUT2D eigenvalue weighted by Gasteiger charge is 2.34. The molecule has 0 saturated carbocycles. The molecule has 4 rings (SSSR count). The first-order valence-electron chi connectivity index (χ1n) is 8.04. The van der Waals surface area contributed by atoms with E-state index < -0.39 is 11.9 Å². The van der Waals surface area contributed by atoms with Crippen LogP contribution in [0, 0.1) is 0 Å². The maximum atomic E-state index is 12.3. The van der Waals surface area contributed by atoms with Crippen molar-refractivity contribution in [2.45, 2.75) is 6.42 Å². The fourth-order valence-corrected chi connectivity index (χ4v) is 3.52. The van der Waals surface area contributed by atoms with E-state index in [0.717, 1.165) is 22.8 Å². The molecule has 8 heteroatoms. The molecule has 0 spiro atoms. The number of methoxy groups -OCH3 is 2. The molecule has 1 aliphatic rings. The van der Waals surface area contributed by atoms with Crippen LogP contribution in [0.25, 0.3) is 16.6 Å². The van der Waals surface area contributed by atoms with Crippen molar-refractivity contribution in [2.24, 2.45) is 0 Å². The molecule has 0 bridgehead atoms. The van der Waals surface area contributed by atoms with Crippen molar-refractivity contribution in [2.75, 3.05) is 14.2 Å². The van der Waals surface area contributed by atoms with Crippen molar-refractivity contribution >= 4 is 40.3 Å². The molecule has 27 heavy (non-hydrogen) atoms. The Hall–Kier alpha value is -3.26. The van der Waals surface area contributed by atoms with E-state index in [4.69, 9.17) is 14.2 Å². The number of carbonyl (C=O) groups excluding carboxylic acids is 2. The van der Waals surface area contributed by atoms with Crippen LogP contribution in [-0.2, 0) is 20.7 Å². The van der Waals surface area contributed by atoms with Crippen LogP contribution in [0.4, 0.5) is 0 Å². The van der Waals surface area contributed by atoms with Crippen molar-refractivity contribution in [3.63, 3.8) is 0 Å². The molecule has 1 aromatic heterocycles. The van der Waals surface area contributed by atoms with Crippen LogP contribution in [-0.4, -0.2) is 34.9 Å². The van der Waals surface area contributed by atoms with Gasteiger partial charge in [-0.1, -0.05) is 12.1 Å². The summed E-state index contributed by atoms with van der Waals surface area (Å²) in [7, 11) is 3.10. The Kier molecular flexibility index (Phi) is 4.33. The van der Waals surface area contributed by atoms with Gasteiger partial charge in [0.05, 0.1) is 37.1 Å². The summed E-state index contributed by atoms with van der Waals surface area (Å²) in [4.78, 5) is 24.6. The predicted octanol–water partition coefficient (Wildman–Crippen LogP) is 2.79. The molecule has 0 aliphatic carbocycles. The molecular weight excluding hydrogens is 368 g/mol. The number of benzene rings is 2. The van der Waals surface area contributed by atoms with Crippen molar-refractivity contribution in [1.82, 2.24) is 8.75 Å². The van der Waals surface area contributed by atoms with Gasteiger partial charge in [0, 0.05) is 12.5 Å². The summed E-state index contributed by atoms with van der Waals surface area (Å²) in [5, 5.41) is 0. The number of hydrogen-bond acceptors (Lipinski definition) is 8. The van der Waals surface area contributed by atoms with Gasteiger partial charge in [-0.25, -0.2) is 9.59 Å². The zero-order valence-corrected chi connectivity index (χ0v) is 15.3. The van der Waals surface area contributed by atoms with Gasteiger partial charge < -0.3 is 14.2 Å². The van der Waals surface area contributed by atoms with E-state index in [-0.39, 0.29) is 17.6 Å². The second kappa shape index (κ2) is 6.81. The standard InChI is InChI=1S/C19H14N2O5S/c1-24-12-5-3-10(16(9-12)25-2)7-13-17(19(23)26-18(13)22)11-4-6-14-15(8-11)21-27-20-14/h3-6,8-9H,7H2,1-2H3. The first-order valence-corrected chi connectivity index (χ1v) is 8.77. The SMILES string of the molecule is COc1ccc(CC2=C(c3ccc4nsnc4c3)C(=O)OC2=O)c(OC)c1. The highest BCUT2D eigenvalue weighted by Crippen LogP contribution is 2.34. The molecular formula is C19H14N2O5S. The van der Waals surface area contributed by atoms with Gasteiger partial charge in [0.2, 0.25) is 0 Å². The molecule has 2 heterocycles. The Morgan fingerprint density at radius 1 is 0.963 bits per heavy atom. The molecule has 3 aromatic rings. The average Bonchev–Trinajstić information content (AvgIpc) is 3.25. The third-order valence-electron chi connectivity index (χ3n) is 4.34. The maximum absolute atomic E-state index is 12.3. The van der Waals surface area contributed by atoms with Crippen molar-refractivity contribution in [3.8, 4) is 11.5 Å². The first kappa shape index (κ1) is 17.2. The Balaban J connectivity index is 1.80. The molecule has 7 nitrogen and oxygen atoms in total. The van der Waals surface area contributed by atoms with Gasteiger partial charge in [0.25, 0.3) is 0 Å². The Morgan fingerprint density at radius 3 is 2.56 bits per heavy atom. The molecule has 0 unspecified atom stereocenters. The summed E-state index contributed by atoms with van der Waals surface area (Å²) in [5.41, 5.74) is 3.25. The largest absolute Gasteiger partial charge is 0.497 e. The smallest absolute Gasteiger partial charge is 0.347 e. The van der Waals surface area contributed by atoms with Crippen LogP contribution in [0.15, 0.2) is 42.0 Å². The highest BCUT2D eigenvalue weighted by atomic mass is 32.1. The van der Waals surface area contributed by atoms with Crippen LogP contribution < -0.4 is 9.47 Å². The third kappa shape index (κ3) is 3.04. The van der Waals surface area contributed by atoms with E-state index in [0.29, 0.717) is 22.6 Å². The number of rotatable bonds is 5. The van der Waals surface area contributed by atoms with Crippen LogP contribution in [0.1, 0.15) is 11.1 Å². The molecule has 0 N–H and O–H groups in total. The van der Waals surface area contributed by atoms with Gasteiger partial charge in [-0.15, -0.1) is 0 Å². The fraction of sp³-hybridized carbons (Fsp3) is 0.158. The predicted molar refractivity (Wildman–Crippen MR) is 98.7 cm³/mol. The van der Waals surface area contributed by atoms with E-state index in [9.17, 15) is 9.59 Å². The lowest BCUT2D eigenvalue weighted by molar-refractivity contribution is -0.150. The number of aromatic nitrogens is 2. The van der Waals surface area contributed by atoms with Crippen molar-refractivity contribution < 1.29 is 23.8 Å².